The third-order valence-corrected chi connectivity index (χ3v) is 14.0. The van der Waals surface area contributed by atoms with Crippen LogP contribution in [-0.4, -0.2) is 230 Å². The maximum absolute atomic E-state index is 13.7. The molecule has 3 saturated heterocycles. The van der Waals surface area contributed by atoms with Crippen LogP contribution in [0, 0.1) is 23.7 Å². The Labute approximate surface area is 425 Å². The Morgan fingerprint density at radius 2 is 1.45 bits per heavy atom. The minimum absolute atomic E-state index is 0.0412. The lowest BCUT2D eigenvalue weighted by molar-refractivity contribution is -0.341. The Kier molecular flexibility index (Phi) is 25.1. The van der Waals surface area contributed by atoms with Crippen LogP contribution < -0.4 is 0 Å². The lowest BCUT2D eigenvalue weighted by Gasteiger charge is -2.50. The molecule has 4 heterocycles. The number of aliphatic carboxylic acids is 2. The first kappa shape index (κ1) is 63.9. The molecule has 0 amide bonds. The number of carbonyl (C=O) groups excluding carboxylic acids is 3. The first-order valence-corrected chi connectivity index (χ1v) is 24.6. The minimum Gasteiger partial charge on any atom is -0.479 e. The van der Waals surface area contributed by atoms with Crippen molar-refractivity contribution in [3.05, 3.63) is 23.8 Å². The van der Waals surface area contributed by atoms with Gasteiger partial charge in [0.2, 0.25) is 0 Å². The van der Waals surface area contributed by atoms with Gasteiger partial charge >= 0.3 is 17.9 Å². The molecule has 4 aliphatic heterocycles. The number of likely N-dealkylation sites (N-methyl/N-ethyl adjacent to an activating group) is 1. The van der Waals surface area contributed by atoms with Crippen LogP contribution >= 0.6 is 0 Å². The summed E-state index contributed by atoms with van der Waals surface area (Å²) in [5.41, 5.74) is -0.845. The highest BCUT2D eigenvalue weighted by Crippen LogP contribution is 2.37. The number of esters is 1. The van der Waals surface area contributed by atoms with Crippen LogP contribution in [0.5, 0.6) is 0 Å². The second-order valence-electron chi connectivity index (χ2n) is 20.1. The van der Waals surface area contributed by atoms with Crippen molar-refractivity contribution in [2.75, 3.05) is 27.8 Å². The molecule has 73 heavy (non-hydrogen) atoms. The fourth-order valence-corrected chi connectivity index (χ4v) is 9.55. The number of carboxylic acid groups (broad SMARTS) is 2. The van der Waals surface area contributed by atoms with Crippen LogP contribution in [0.2, 0.25) is 0 Å². The summed E-state index contributed by atoms with van der Waals surface area (Å²) in [5.74, 6) is -7.26. The molecule has 4 aliphatic rings. The molecule has 24 nitrogen and oxygen atoms in total. The first-order chi connectivity index (χ1) is 34.0. The van der Waals surface area contributed by atoms with Gasteiger partial charge in [-0.3, -0.25) is 9.59 Å². The number of hydrogen-bond acceptors (Lipinski definition) is 22. The number of hydrogen-bond donors (Lipinski definition) is 10. The van der Waals surface area contributed by atoms with Crippen LogP contribution in [0.1, 0.15) is 87.5 Å². The van der Waals surface area contributed by atoms with E-state index in [1.54, 1.807) is 72.7 Å². The Hall–Kier alpha value is -3.41. The molecular formula is C49H81NO23. The molecule has 0 aromatic carbocycles. The third-order valence-electron chi connectivity index (χ3n) is 14.0. The predicted octanol–water partition coefficient (Wildman–Crippen LogP) is -0.943. The van der Waals surface area contributed by atoms with Crippen molar-refractivity contribution in [3.8, 4) is 0 Å². The summed E-state index contributed by atoms with van der Waals surface area (Å²) in [6.07, 6.45) is -14.6. The number of allylic oxidation sites excluding steroid dienone is 3. The van der Waals surface area contributed by atoms with Gasteiger partial charge in [0.05, 0.1) is 55.2 Å². The zero-order valence-corrected chi connectivity index (χ0v) is 43.5. The van der Waals surface area contributed by atoms with E-state index in [1.807, 2.05) is 6.92 Å². The highest BCUT2D eigenvalue weighted by molar-refractivity contribution is 5.91. The van der Waals surface area contributed by atoms with Crippen LogP contribution in [0.4, 0.5) is 0 Å². The number of carboxylic acids is 2. The lowest BCUT2D eigenvalue weighted by atomic mass is 9.79. The highest BCUT2D eigenvalue weighted by Gasteiger charge is 2.52. The number of methoxy groups -OCH3 is 1. The normalized spacial score (nSPS) is 41.1. The summed E-state index contributed by atoms with van der Waals surface area (Å²) < 4.78 is 48.3. The molecule has 10 N–H and O–H groups in total. The smallest absolute Gasteiger partial charge is 0.335 e. The monoisotopic (exact) mass is 1050 g/mol. The van der Waals surface area contributed by atoms with Gasteiger partial charge in [0.15, 0.2) is 36.9 Å². The number of aliphatic hydroxyl groups is 8. The summed E-state index contributed by atoms with van der Waals surface area (Å²) in [5, 5.41) is 98.9. The van der Waals surface area contributed by atoms with Gasteiger partial charge in [-0.15, -0.1) is 0 Å². The summed E-state index contributed by atoms with van der Waals surface area (Å²) in [4.78, 5) is 60.9. The Morgan fingerprint density at radius 1 is 0.849 bits per heavy atom. The number of aldehydes is 1. The van der Waals surface area contributed by atoms with Crippen LogP contribution in [-0.2, 0) is 61.9 Å². The molecule has 0 aliphatic carbocycles. The molecule has 0 saturated carbocycles. The zero-order valence-electron chi connectivity index (χ0n) is 43.5. The van der Waals surface area contributed by atoms with E-state index in [-0.39, 0.29) is 31.7 Å². The molecule has 4 rings (SSSR count). The standard InChI is InChI=1S/C45H75NO17.C4H6O6/c1-12-32-29(21-57-43-38(53)41(56-11)36(51)25(5)59-43)17-22(2)13-14-30(48)23(3)18-28(15-16-47)39(24(4)31(49)19-33(50)61-32)63-44-37(52)35(46(9)10)40(26(6)60-44)62-34-20-45(8,55)42(54)27(7)58-34;5-1(3(7)8)2(6)4(9)10/h13-14,16-17,23-29,31-32,34-44,49,51-55H,12,15,18-21H2,1-11H3;1-2,5-6H,(H,7,8)(H,9,10)/t23-,24+,25-,26-,27+,28+,29-,31-,32-,34+,35-,36-,37-,38-,39-,40-,41-,42+,43-,44+,45-;1-,2-/m11/s1. The number of cyclic esters (lactones) is 1. The SMILES string of the molecule is CC[C@H]1OC(=O)C[C@@H](O)[C@H](C)[C@@H](O[C@@H]2O[C@H](C)[C@@H](O[C@H]3C[C@@](C)(O)[C@@H](O)[C@H](C)O3)[C@H](N(C)C)[C@H]2O)[C@@H](CC=O)C[C@@H](C)C(=O)C=CC(C)=C[C@@H]1CO[C@@H]1O[C@H](C)[C@@H](O)[C@@H](OC)[C@H]1O.O=C(O)[C@H](O)[C@@H](O)C(=O)O. The molecule has 0 aromatic heterocycles. The number of carbonyl (C=O) groups is 5. The van der Waals surface area contributed by atoms with E-state index in [9.17, 15) is 54.6 Å². The van der Waals surface area contributed by atoms with Gasteiger partial charge in [0.1, 0.15) is 49.0 Å². The zero-order chi connectivity index (χ0) is 55.4. The molecule has 0 bridgehead atoms. The number of ether oxygens (including phenoxy) is 8. The van der Waals surface area contributed by atoms with Crippen LogP contribution in [0.25, 0.3) is 0 Å². The molecule has 0 aromatic rings. The van der Waals surface area contributed by atoms with E-state index in [1.165, 1.54) is 20.1 Å². The van der Waals surface area contributed by atoms with E-state index in [4.69, 9.17) is 58.3 Å². The van der Waals surface area contributed by atoms with E-state index < -0.39 is 164 Å². The predicted molar refractivity (Wildman–Crippen MR) is 253 cm³/mol. The van der Waals surface area contributed by atoms with E-state index >= 15 is 0 Å². The fraction of sp³-hybridized carbons (Fsp3) is 0.816. The fourth-order valence-electron chi connectivity index (χ4n) is 9.55. The van der Waals surface area contributed by atoms with Gasteiger partial charge in [0.25, 0.3) is 0 Å². The second-order valence-corrected chi connectivity index (χ2v) is 20.1. The van der Waals surface area contributed by atoms with E-state index in [0.717, 1.165) is 0 Å². The van der Waals surface area contributed by atoms with Crippen LogP contribution in [0.15, 0.2) is 23.8 Å². The van der Waals surface area contributed by atoms with Crippen molar-refractivity contribution in [1.82, 2.24) is 4.90 Å². The van der Waals surface area contributed by atoms with Crippen molar-refractivity contribution in [1.29, 1.82) is 0 Å². The van der Waals surface area contributed by atoms with Crippen molar-refractivity contribution in [2.24, 2.45) is 23.7 Å². The molecule has 420 valence electrons. The molecule has 0 spiro atoms. The molecule has 0 radical (unpaired) electrons. The number of aliphatic hydroxyl groups excluding tert-OH is 7. The van der Waals surface area contributed by atoms with Gasteiger partial charge in [-0.1, -0.05) is 38.5 Å². The molecule has 0 unspecified atom stereocenters. The molecule has 3 fully saturated rings. The topological polar surface area (TPSA) is 365 Å². The second kappa shape index (κ2) is 28.6. The Morgan fingerprint density at radius 3 is 1.99 bits per heavy atom. The van der Waals surface area contributed by atoms with Gasteiger partial charge in [0, 0.05) is 37.7 Å². The molecular weight excluding hydrogens is 971 g/mol. The van der Waals surface area contributed by atoms with Crippen molar-refractivity contribution in [2.45, 2.75) is 203 Å². The van der Waals surface area contributed by atoms with E-state index in [0.29, 0.717) is 18.3 Å². The summed E-state index contributed by atoms with van der Waals surface area (Å²) in [7, 11) is 4.86. The Bertz CT molecular complexity index is 1830. The molecule has 23 atom stereocenters. The quantitative estimate of drug-likeness (QED) is 0.0699. The largest absolute Gasteiger partial charge is 0.479 e. The lowest BCUT2D eigenvalue weighted by Crippen LogP contribution is -2.65. The highest BCUT2D eigenvalue weighted by atomic mass is 16.7. The first-order valence-electron chi connectivity index (χ1n) is 24.6. The number of rotatable bonds is 15. The average Bonchev–Trinajstić information content (AvgIpc) is 3.31. The summed E-state index contributed by atoms with van der Waals surface area (Å²) in [6, 6.07) is -0.755. The average molecular weight is 1050 g/mol. The number of nitrogens with zero attached hydrogens (tertiary/aromatic N) is 1. The van der Waals surface area contributed by atoms with Gasteiger partial charge in [-0.2, -0.15) is 0 Å². The van der Waals surface area contributed by atoms with Crippen LogP contribution in [0.3, 0.4) is 0 Å². The summed E-state index contributed by atoms with van der Waals surface area (Å²) >= 11 is 0. The van der Waals surface area contributed by atoms with Crippen molar-refractivity contribution in [3.63, 3.8) is 0 Å². The van der Waals surface area contributed by atoms with E-state index in [2.05, 4.69) is 0 Å². The maximum Gasteiger partial charge on any atom is 0.335 e. The van der Waals surface area contributed by atoms with Gasteiger partial charge in [-0.25, -0.2) is 9.59 Å². The number of ketones is 1. The van der Waals surface area contributed by atoms with Gasteiger partial charge in [-0.05, 0) is 73.5 Å². The van der Waals surface area contributed by atoms with Crippen molar-refractivity contribution >= 4 is 30.0 Å². The maximum atomic E-state index is 13.7. The summed E-state index contributed by atoms with van der Waals surface area (Å²) in [6.45, 7) is 13.4. The third kappa shape index (κ3) is 17.3. The van der Waals surface area contributed by atoms with Gasteiger partial charge < -0.3 is 98.7 Å². The Balaban J connectivity index is 0.00000126. The molecule has 24 heteroatoms. The van der Waals surface area contributed by atoms with Crippen molar-refractivity contribution < 1.29 is 113 Å². The minimum atomic E-state index is -2.27.